The van der Waals surface area contributed by atoms with E-state index >= 15 is 0 Å². The summed E-state index contributed by atoms with van der Waals surface area (Å²) in [6.07, 6.45) is 2.07. The Balaban J connectivity index is 1.37. The molecule has 0 unspecified atom stereocenters. The lowest BCUT2D eigenvalue weighted by Gasteiger charge is -2.36. The van der Waals surface area contributed by atoms with Gasteiger partial charge in [-0.25, -0.2) is 4.63 Å². The van der Waals surface area contributed by atoms with E-state index < -0.39 is 0 Å². The van der Waals surface area contributed by atoms with E-state index in [9.17, 15) is 4.79 Å². The van der Waals surface area contributed by atoms with Gasteiger partial charge in [0.2, 0.25) is 5.91 Å². The van der Waals surface area contributed by atoms with E-state index in [-0.39, 0.29) is 12.0 Å². The highest BCUT2D eigenvalue weighted by atomic mass is 16.6. The van der Waals surface area contributed by atoms with Gasteiger partial charge in [-0.3, -0.25) is 9.69 Å². The van der Waals surface area contributed by atoms with E-state index in [1.165, 1.54) is 5.56 Å². The number of carbonyl (C=O) groups is 1. The van der Waals surface area contributed by atoms with Crippen molar-refractivity contribution in [1.82, 2.24) is 20.1 Å². The number of benzene rings is 2. The molecular formula is C21H22N4O2. The van der Waals surface area contributed by atoms with Crippen LogP contribution in [0.4, 0.5) is 0 Å². The summed E-state index contributed by atoms with van der Waals surface area (Å²) in [6, 6.07) is 16.5. The van der Waals surface area contributed by atoms with Crippen molar-refractivity contribution in [1.29, 1.82) is 0 Å². The maximum absolute atomic E-state index is 13.0. The maximum atomic E-state index is 13.0. The summed E-state index contributed by atoms with van der Waals surface area (Å²) < 4.78 is 4.89. The standard InChI is InChI=1S/C21H22N4O2/c26-21-17-9-10-18(25(21)11-15-5-2-1-3-6-15)14-24(13-17)12-16-7-4-8-19-20(16)23-27-22-19/h1-8,17-18H,9-14H2/t17-,18+/m0/s1. The van der Waals surface area contributed by atoms with Crippen LogP contribution in [0.1, 0.15) is 24.0 Å². The molecule has 0 spiro atoms. The first kappa shape index (κ1) is 16.4. The summed E-state index contributed by atoms with van der Waals surface area (Å²) in [6.45, 7) is 3.18. The van der Waals surface area contributed by atoms with Crippen LogP contribution in [-0.4, -0.2) is 45.2 Å². The molecule has 138 valence electrons. The second kappa shape index (κ2) is 6.78. The molecule has 6 nitrogen and oxygen atoms in total. The Hall–Kier alpha value is -2.73. The Morgan fingerprint density at radius 2 is 1.85 bits per heavy atom. The number of piperidine rings is 1. The van der Waals surface area contributed by atoms with Gasteiger partial charge in [-0.15, -0.1) is 0 Å². The highest BCUT2D eigenvalue weighted by molar-refractivity contribution is 5.81. The van der Waals surface area contributed by atoms with E-state index in [1.54, 1.807) is 0 Å². The first-order chi connectivity index (χ1) is 13.3. The van der Waals surface area contributed by atoms with Crippen molar-refractivity contribution in [3.63, 3.8) is 0 Å². The minimum absolute atomic E-state index is 0.0853. The molecule has 3 aromatic rings. The lowest BCUT2D eigenvalue weighted by Crippen LogP contribution is -2.47. The molecule has 3 aliphatic rings. The van der Waals surface area contributed by atoms with E-state index in [4.69, 9.17) is 4.63 Å². The predicted octanol–water partition coefficient (Wildman–Crippen LogP) is 2.85. The fourth-order valence-electron chi connectivity index (χ4n) is 4.48. The monoisotopic (exact) mass is 362 g/mol. The first-order valence-corrected chi connectivity index (χ1v) is 9.55. The van der Waals surface area contributed by atoms with Gasteiger partial charge >= 0.3 is 0 Å². The number of aromatic nitrogens is 2. The smallest absolute Gasteiger partial charge is 0.227 e. The summed E-state index contributed by atoms with van der Waals surface area (Å²) in [5.74, 6) is 0.390. The SMILES string of the molecule is O=C1[C@H]2CC[C@H](CN(Cc3cccc4nonc34)C2)N1Cc1ccccc1. The predicted molar refractivity (Wildman–Crippen MR) is 101 cm³/mol. The van der Waals surface area contributed by atoms with Crippen LogP contribution >= 0.6 is 0 Å². The van der Waals surface area contributed by atoms with Crippen molar-refractivity contribution >= 4 is 16.9 Å². The molecule has 3 aliphatic heterocycles. The van der Waals surface area contributed by atoms with Gasteiger partial charge in [-0.2, -0.15) is 0 Å². The lowest BCUT2D eigenvalue weighted by molar-refractivity contribution is -0.140. The van der Waals surface area contributed by atoms with Gasteiger partial charge in [0.15, 0.2) is 0 Å². The fraction of sp³-hybridized carbons (Fsp3) is 0.381. The summed E-state index contributed by atoms with van der Waals surface area (Å²) in [5.41, 5.74) is 3.91. The Bertz CT molecular complexity index is 955. The van der Waals surface area contributed by atoms with Crippen molar-refractivity contribution in [2.75, 3.05) is 13.1 Å². The summed E-state index contributed by atoms with van der Waals surface area (Å²) in [4.78, 5) is 17.5. The molecule has 27 heavy (non-hydrogen) atoms. The number of nitrogens with zero attached hydrogens (tertiary/aromatic N) is 4. The van der Waals surface area contributed by atoms with E-state index in [2.05, 4.69) is 38.3 Å². The van der Waals surface area contributed by atoms with Crippen LogP contribution in [0.25, 0.3) is 11.0 Å². The quantitative estimate of drug-likeness (QED) is 0.714. The number of fused-ring (bicyclic) bond motifs is 5. The van der Waals surface area contributed by atoms with Crippen LogP contribution < -0.4 is 0 Å². The van der Waals surface area contributed by atoms with Crippen molar-refractivity contribution in [3.8, 4) is 0 Å². The Morgan fingerprint density at radius 1 is 0.963 bits per heavy atom. The van der Waals surface area contributed by atoms with Gasteiger partial charge < -0.3 is 4.90 Å². The average molecular weight is 362 g/mol. The molecule has 0 radical (unpaired) electrons. The van der Waals surface area contributed by atoms with Gasteiger partial charge in [0.25, 0.3) is 0 Å². The van der Waals surface area contributed by atoms with Crippen molar-refractivity contribution in [3.05, 3.63) is 59.7 Å². The Kier molecular flexibility index (Phi) is 4.13. The number of hydrogen-bond donors (Lipinski definition) is 0. The Labute approximate surface area is 157 Å². The molecule has 2 bridgehead atoms. The normalized spacial score (nSPS) is 23.1. The fourth-order valence-corrected chi connectivity index (χ4v) is 4.48. The molecule has 0 N–H and O–H groups in total. The molecule has 0 aliphatic carbocycles. The zero-order valence-electron chi connectivity index (χ0n) is 15.1. The van der Waals surface area contributed by atoms with E-state index in [0.717, 1.165) is 49.1 Å². The van der Waals surface area contributed by atoms with Crippen molar-refractivity contribution < 1.29 is 9.42 Å². The minimum atomic E-state index is 0.0853. The van der Waals surface area contributed by atoms with Crippen LogP contribution in [-0.2, 0) is 17.9 Å². The third-order valence-electron chi connectivity index (χ3n) is 5.83. The second-order valence-corrected chi connectivity index (χ2v) is 7.62. The summed E-state index contributed by atoms with van der Waals surface area (Å²) >= 11 is 0. The van der Waals surface area contributed by atoms with Crippen LogP contribution in [0.2, 0.25) is 0 Å². The molecule has 1 aromatic heterocycles. The number of hydrogen-bond acceptors (Lipinski definition) is 5. The van der Waals surface area contributed by atoms with Gasteiger partial charge in [-0.05, 0) is 40.3 Å². The van der Waals surface area contributed by atoms with Crippen molar-refractivity contribution in [2.45, 2.75) is 32.0 Å². The van der Waals surface area contributed by atoms with Gasteiger partial charge in [0, 0.05) is 32.2 Å². The van der Waals surface area contributed by atoms with E-state index in [0.29, 0.717) is 12.5 Å². The zero-order chi connectivity index (χ0) is 18.2. The molecule has 6 heteroatoms. The third-order valence-corrected chi connectivity index (χ3v) is 5.83. The third kappa shape index (κ3) is 3.10. The maximum Gasteiger partial charge on any atom is 0.227 e. The van der Waals surface area contributed by atoms with Gasteiger partial charge in [0.05, 0.1) is 5.92 Å². The highest BCUT2D eigenvalue weighted by Crippen LogP contribution is 2.31. The van der Waals surface area contributed by atoms with Gasteiger partial charge in [0.1, 0.15) is 11.0 Å². The highest BCUT2D eigenvalue weighted by Gasteiger charge is 2.40. The molecule has 2 atom stereocenters. The Morgan fingerprint density at radius 3 is 2.74 bits per heavy atom. The van der Waals surface area contributed by atoms with E-state index in [1.807, 2.05) is 30.3 Å². The number of rotatable bonds is 4. The van der Waals surface area contributed by atoms with Crippen molar-refractivity contribution in [2.24, 2.45) is 5.92 Å². The van der Waals surface area contributed by atoms with Crippen LogP contribution in [0.3, 0.4) is 0 Å². The molecule has 0 saturated carbocycles. The molecule has 3 fully saturated rings. The molecule has 1 amide bonds. The number of carbonyl (C=O) groups excluding carboxylic acids is 1. The van der Waals surface area contributed by atoms with Gasteiger partial charge in [-0.1, -0.05) is 42.5 Å². The molecule has 3 saturated heterocycles. The lowest BCUT2D eigenvalue weighted by atomic mass is 9.93. The largest absolute Gasteiger partial charge is 0.334 e. The molecule has 4 heterocycles. The van der Waals surface area contributed by atoms with Crippen LogP contribution in [0, 0.1) is 5.92 Å². The minimum Gasteiger partial charge on any atom is -0.334 e. The molecule has 2 aromatic carbocycles. The first-order valence-electron chi connectivity index (χ1n) is 9.55. The zero-order valence-corrected chi connectivity index (χ0v) is 15.1. The molecular weight excluding hydrogens is 340 g/mol. The van der Waals surface area contributed by atoms with Crippen LogP contribution in [0.5, 0.6) is 0 Å². The summed E-state index contributed by atoms with van der Waals surface area (Å²) in [7, 11) is 0. The van der Waals surface area contributed by atoms with Crippen LogP contribution in [0.15, 0.2) is 53.2 Å². The average Bonchev–Trinajstić information content (AvgIpc) is 3.03. The molecule has 6 rings (SSSR count). The topological polar surface area (TPSA) is 62.5 Å². The number of amides is 1. The second-order valence-electron chi connectivity index (χ2n) is 7.62. The summed E-state index contributed by atoms with van der Waals surface area (Å²) in [5, 5.41) is 7.99.